The normalized spacial score (nSPS) is 16.2. The molecular formula is C20H19ClF3NO2. The van der Waals surface area contributed by atoms with Gasteiger partial charge in [0.2, 0.25) is 5.91 Å². The van der Waals surface area contributed by atoms with Crippen LogP contribution in [-0.4, -0.2) is 18.2 Å². The van der Waals surface area contributed by atoms with E-state index in [1.54, 1.807) is 32.1 Å². The van der Waals surface area contributed by atoms with E-state index in [-0.39, 0.29) is 31.1 Å². The lowest BCUT2D eigenvalue weighted by Gasteiger charge is -2.11. The number of carbonyl (C=O) groups excluding carboxylic acids is 2. The second-order valence-corrected chi connectivity index (χ2v) is 6.79. The van der Waals surface area contributed by atoms with Crippen molar-refractivity contribution in [2.24, 2.45) is 0 Å². The third-order valence-electron chi connectivity index (χ3n) is 3.99. The quantitative estimate of drug-likeness (QED) is 0.736. The Hall–Kier alpha value is -2.34. The van der Waals surface area contributed by atoms with Gasteiger partial charge in [0, 0.05) is 23.6 Å². The Morgan fingerprint density at radius 3 is 2.56 bits per heavy atom. The molecule has 0 saturated carbocycles. The third kappa shape index (κ3) is 6.10. The molecule has 27 heavy (non-hydrogen) atoms. The number of ketones is 1. The van der Waals surface area contributed by atoms with Crippen molar-refractivity contribution in [1.29, 1.82) is 0 Å². The Kier molecular flexibility index (Phi) is 6.65. The van der Waals surface area contributed by atoms with Crippen LogP contribution in [0.1, 0.15) is 30.0 Å². The van der Waals surface area contributed by atoms with Crippen LogP contribution in [0.3, 0.4) is 0 Å². The molecule has 0 atom stereocenters. The summed E-state index contributed by atoms with van der Waals surface area (Å²) in [6.07, 6.45) is 0.481. The zero-order valence-electron chi connectivity index (χ0n) is 14.9. The lowest BCUT2D eigenvalue weighted by Crippen LogP contribution is -2.24. The van der Waals surface area contributed by atoms with E-state index < -0.39 is 11.7 Å². The first-order valence-corrected chi connectivity index (χ1v) is 8.69. The molecule has 1 amide bonds. The molecule has 1 N–H and O–H groups in total. The average molecular weight is 398 g/mol. The lowest BCUT2D eigenvalue weighted by atomic mass is 9.99. The van der Waals surface area contributed by atoms with Crippen LogP contribution >= 0.6 is 11.6 Å². The van der Waals surface area contributed by atoms with E-state index in [1.165, 1.54) is 6.08 Å². The molecule has 1 aromatic carbocycles. The van der Waals surface area contributed by atoms with Crippen molar-refractivity contribution >= 4 is 23.3 Å². The molecule has 1 aromatic rings. The fourth-order valence-electron chi connectivity index (χ4n) is 2.70. The number of amides is 1. The molecule has 144 valence electrons. The number of rotatable bonds is 5. The maximum atomic E-state index is 12.8. The monoisotopic (exact) mass is 397 g/mol. The number of halogens is 4. The van der Waals surface area contributed by atoms with Crippen molar-refractivity contribution in [3.05, 3.63) is 69.3 Å². The number of allylic oxidation sites excluding steroid dienone is 5. The van der Waals surface area contributed by atoms with Crippen LogP contribution in [0, 0.1) is 6.92 Å². The molecular weight excluding hydrogens is 379 g/mol. The SMILES string of the molecule is CC1=CC(Cl)=C/C(=C\CNC(=O)CCc2cc(C)cc(C(F)(F)F)c2)C1=O. The zero-order chi connectivity index (χ0) is 20.2. The van der Waals surface area contributed by atoms with Gasteiger partial charge in [-0.05, 0) is 55.7 Å². The van der Waals surface area contributed by atoms with Crippen molar-refractivity contribution in [1.82, 2.24) is 5.32 Å². The molecule has 0 aliphatic heterocycles. The first kappa shape index (κ1) is 21.0. The van der Waals surface area contributed by atoms with Gasteiger partial charge in [-0.1, -0.05) is 29.3 Å². The molecule has 0 aromatic heterocycles. The third-order valence-corrected chi connectivity index (χ3v) is 4.21. The second kappa shape index (κ2) is 8.57. The maximum Gasteiger partial charge on any atom is 0.416 e. The van der Waals surface area contributed by atoms with Gasteiger partial charge in [-0.25, -0.2) is 0 Å². The van der Waals surface area contributed by atoms with Crippen LogP contribution in [-0.2, 0) is 22.2 Å². The lowest BCUT2D eigenvalue weighted by molar-refractivity contribution is -0.137. The Balaban J connectivity index is 1.91. The van der Waals surface area contributed by atoms with Crippen molar-refractivity contribution in [2.45, 2.75) is 32.9 Å². The summed E-state index contributed by atoms with van der Waals surface area (Å²) in [5.41, 5.74) is 1.14. The highest BCUT2D eigenvalue weighted by atomic mass is 35.5. The molecule has 0 saturated heterocycles. The van der Waals surface area contributed by atoms with Gasteiger partial charge in [0.25, 0.3) is 0 Å². The largest absolute Gasteiger partial charge is 0.416 e. The highest BCUT2D eigenvalue weighted by Crippen LogP contribution is 2.30. The minimum absolute atomic E-state index is 0.0490. The van der Waals surface area contributed by atoms with Gasteiger partial charge in [-0.3, -0.25) is 9.59 Å². The van der Waals surface area contributed by atoms with Gasteiger partial charge in [-0.2, -0.15) is 13.2 Å². The summed E-state index contributed by atoms with van der Waals surface area (Å²) in [6, 6.07) is 3.77. The van der Waals surface area contributed by atoms with Gasteiger partial charge in [-0.15, -0.1) is 0 Å². The topological polar surface area (TPSA) is 46.2 Å². The number of benzene rings is 1. The molecule has 0 bridgehead atoms. The minimum Gasteiger partial charge on any atom is -0.353 e. The standard InChI is InChI=1S/C20H19ClF3NO2/c1-12-7-14(10-16(8-12)20(22,23)24)3-4-18(26)25-6-5-15-11-17(21)9-13(2)19(15)27/h5,7-11H,3-4,6H2,1-2H3,(H,25,26)/b15-5+. The number of nitrogens with one attached hydrogen (secondary N) is 1. The number of carbonyl (C=O) groups is 2. The van der Waals surface area contributed by atoms with Crippen LogP contribution in [0.25, 0.3) is 0 Å². The van der Waals surface area contributed by atoms with Gasteiger partial charge >= 0.3 is 6.18 Å². The van der Waals surface area contributed by atoms with Crippen molar-refractivity contribution in [2.75, 3.05) is 6.54 Å². The summed E-state index contributed by atoms with van der Waals surface area (Å²) in [4.78, 5) is 23.9. The Labute approximate surface area is 160 Å². The maximum absolute atomic E-state index is 12.8. The van der Waals surface area contributed by atoms with Crippen LogP contribution in [0.4, 0.5) is 13.2 Å². The molecule has 3 nitrogen and oxygen atoms in total. The predicted molar refractivity (Wildman–Crippen MR) is 98.3 cm³/mol. The van der Waals surface area contributed by atoms with Crippen molar-refractivity contribution < 1.29 is 22.8 Å². The number of hydrogen-bond acceptors (Lipinski definition) is 2. The van der Waals surface area contributed by atoms with Gasteiger partial charge in [0.1, 0.15) is 0 Å². The molecule has 0 radical (unpaired) electrons. The molecule has 1 aliphatic carbocycles. The summed E-state index contributed by atoms with van der Waals surface area (Å²) in [5.74, 6) is -0.472. The average Bonchev–Trinajstić information content (AvgIpc) is 2.56. The molecule has 1 aliphatic rings. The molecule has 0 spiro atoms. The van der Waals surface area contributed by atoms with E-state index in [4.69, 9.17) is 11.6 Å². The number of alkyl halides is 3. The molecule has 0 heterocycles. The van der Waals surface area contributed by atoms with Crippen LogP contribution in [0.15, 0.2) is 52.6 Å². The van der Waals surface area contributed by atoms with E-state index in [9.17, 15) is 22.8 Å². The van der Waals surface area contributed by atoms with Crippen LogP contribution in [0.5, 0.6) is 0 Å². The summed E-state index contributed by atoms with van der Waals surface area (Å²) < 4.78 is 38.5. The van der Waals surface area contributed by atoms with E-state index in [2.05, 4.69) is 5.32 Å². The highest BCUT2D eigenvalue weighted by molar-refractivity contribution is 6.33. The smallest absolute Gasteiger partial charge is 0.353 e. The number of Topliss-reactive ketones (excluding diaryl/α,β-unsaturated/α-hetero) is 1. The fourth-order valence-corrected chi connectivity index (χ4v) is 2.98. The summed E-state index contributed by atoms with van der Waals surface area (Å²) >= 11 is 5.91. The van der Waals surface area contributed by atoms with Crippen molar-refractivity contribution in [3.8, 4) is 0 Å². The van der Waals surface area contributed by atoms with Crippen LogP contribution < -0.4 is 5.32 Å². The highest BCUT2D eigenvalue weighted by Gasteiger charge is 2.30. The van der Waals surface area contributed by atoms with Crippen LogP contribution in [0.2, 0.25) is 0 Å². The fraction of sp³-hybridized carbons (Fsp3) is 0.300. The molecule has 2 rings (SSSR count). The van der Waals surface area contributed by atoms with E-state index in [0.717, 1.165) is 12.1 Å². The van der Waals surface area contributed by atoms with E-state index >= 15 is 0 Å². The predicted octanol–water partition coefficient (Wildman–Crippen LogP) is 4.64. The Morgan fingerprint density at radius 1 is 1.19 bits per heavy atom. The zero-order valence-corrected chi connectivity index (χ0v) is 15.7. The first-order chi connectivity index (χ1) is 12.6. The molecule has 0 unspecified atom stereocenters. The van der Waals surface area contributed by atoms with Crippen molar-refractivity contribution in [3.63, 3.8) is 0 Å². The summed E-state index contributed by atoms with van der Waals surface area (Å²) in [7, 11) is 0. The van der Waals surface area contributed by atoms with E-state index in [0.29, 0.717) is 27.3 Å². The number of hydrogen-bond donors (Lipinski definition) is 1. The molecule has 7 heteroatoms. The summed E-state index contributed by atoms with van der Waals surface area (Å²) in [5, 5.41) is 3.06. The first-order valence-electron chi connectivity index (χ1n) is 8.31. The molecule has 0 fully saturated rings. The minimum atomic E-state index is -4.41. The van der Waals surface area contributed by atoms with Gasteiger partial charge in [0.15, 0.2) is 5.78 Å². The number of aryl methyl sites for hydroxylation is 2. The Morgan fingerprint density at radius 2 is 1.89 bits per heavy atom. The Bertz CT molecular complexity index is 851. The van der Waals surface area contributed by atoms with Gasteiger partial charge < -0.3 is 5.32 Å². The second-order valence-electron chi connectivity index (χ2n) is 6.35. The van der Waals surface area contributed by atoms with E-state index in [1.807, 2.05) is 0 Å². The summed E-state index contributed by atoms with van der Waals surface area (Å²) in [6.45, 7) is 3.37. The van der Waals surface area contributed by atoms with Gasteiger partial charge in [0.05, 0.1) is 5.56 Å².